The van der Waals surface area contributed by atoms with Crippen molar-refractivity contribution in [2.45, 2.75) is 44.2 Å². The summed E-state index contributed by atoms with van der Waals surface area (Å²) in [5.41, 5.74) is 2.31. The first kappa shape index (κ1) is 22.7. The van der Waals surface area contributed by atoms with Crippen LogP contribution in [0.15, 0.2) is 48.5 Å². The molecule has 0 amide bonds. The minimum atomic E-state index is -0.111. The summed E-state index contributed by atoms with van der Waals surface area (Å²) < 4.78 is 13.6. The Morgan fingerprint density at radius 3 is 2.32 bits per heavy atom. The molecule has 2 aromatic carbocycles. The number of anilines is 1. The minimum absolute atomic E-state index is 0.111. The Labute approximate surface area is 201 Å². The number of tetrazole rings is 1. The zero-order valence-corrected chi connectivity index (χ0v) is 20.1. The topological polar surface area (TPSA) is 68.5 Å². The van der Waals surface area contributed by atoms with Gasteiger partial charge in [0.15, 0.2) is 17.3 Å². The van der Waals surface area contributed by atoms with E-state index in [2.05, 4.69) is 66.4 Å². The maximum Gasteiger partial charge on any atom is 0.173 e. The van der Waals surface area contributed by atoms with Crippen molar-refractivity contribution in [2.75, 3.05) is 45.3 Å². The van der Waals surface area contributed by atoms with Gasteiger partial charge in [0.2, 0.25) is 0 Å². The molecule has 0 spiro atoms. The monoisotopic (exact) mass is 462 g/mol. The second-order valence-electron chi connectivity index (χ2n) is 9.12. The predicted octanol–water partition coefficient (Wildman–Crippen LogP) is 4.11. The lowest BCUT2D eigenvalue weighted by Gasteiger charge is -2.40. The summed E-state index contributed by atoms with van der Waals surface area (Å²) in [6.45, 7) is 3.69. The highest BCUT2D eigenvalue weighted by Crippen LogP contribution is 2.41. The molecule has 1 aliphatic heterocycles. The Kier molecular flexibility index (Phi) is 6.94. The van der Waals surface area contributed by atoms with Crippen molar-refractivity contribution in [1.29, 1.82) is 0 Å². The average molecular weight is 463 g/mol. The summed E-state index contributed by atoms with van der Waals surface area (Å²) >= 11 is 0. The van der Waals surface area contributed by atoms with E-state index in [9.17, 15) is 0 Å². The number of hydrogen-bond acceptors (Lipinski definition) is 7. The molecule has 2 fully saturated rings. The molecule has 8 nitrogen and oxygen atoms in total. The number of ether oxygens (including phenoxy) is 2. The van der Waals surface area contributed by atoms with Crippen LogP contribution in [0.25, 0.3) is 0 Å². The standard InChI is InChI=1S/C26H34N6O2/c1-33-23-15-9-14-22(25(23)34-2)24(26-27-28-29-32(26)21-12-7-4-8-13-21)31-18-16-30(17-19-31)20-10-5-3-6-11-20/h3,5-6,9-11,14-15,21,24H,4,7-8,12-13,16-19H2,1-2H3/t24-/m0/s1. The van der Waals surface area contributed by atoms with Crippen LogP contribution in [0.3, 0.4) is 0 Å². The van der Waals surface area contributed by atoms with E-state index in [1.54, 1.807) is 14.2 Å². The molecule has 1 saturated carbocycles. The van der Waals surface area contributed by atoms with Gasteiger partial charge < -0.3 is 14.4 Å². The van der Waals surface area contributed by atoms with Crippen molar-refractivity contribution in [3.05, 3.63) is 59.9 Å². The molecule has 0 radical (unpaired) electrons. The van der Waals surface area contributed by atoms with Crippen molar-refractivity contribution < 1.29 is 9.47 Å². The van der Waals surface area contributed by atoms with E-state index in [4.69, 9.17) is 9.47 Å². The molecule has 1 atom stereocenters. The number of hydrogen-bond donors (Lipinski definition) is 0. The lowest BCUT2D eigenvalue weighted by molar-refractivity contribution is 0.190. The molecule has 1 aliphatic carbocycles. The first-order valence-electron chi connectivity index (χ1n) is 12.3. The average Bonchev–Trinajstić information content (AvgIpc) is 3.39. The van der Waals surface area contributed by atoms with E-state index in [1.165, 1.54) is 24.9 Å². The van der Waals surface area contributed by atoms with Gasteiger partial charge in [0.1, 0.15) is 6.04 Å². The predicted molar refractivity (Wildman–Crippen MR) is 132 cm³/mol. The van der Waals surface area contributed by atoms with Crippen LogP contribution in [0.1, 0.15) is 55.6 Å². The number of aromatic nitrogens is 4. The molecule has 0 bridgehead atoms. The third kappa shape index (κ3) is 4.46. The van der Waals surface area contributed by atoms with Crippen molar-refractivity contribution in [2.24, 2.45) is 0 Å². The molecule has 5 rings (SSSR count). The Bertz CT molecular complexity index is 1060. The highest BCUT2D eigenvalue weighted by Gasteiger charge is 2.35. The lowest BCUT2D eigenvalue weighted by atomic mass is 9.94. The van der Waals surface area contributed by atoms with Crippen LogP contribution in [0.5, 0.6) is 11.5 Å². The van der Waals surface area contributed by atoms with Crippen LogP contribution >= 0.6 is 0 Å². The van der Waals surface area contributed by atoms with Crippen LogP contribution in [0, 0.1) is 0 Å². The number of rotatable bonds is 7. The number of benzene rings is 2. The van der Waals surface area contributed by atoms with E-state index in [0.29, 0.717) is 6.04 Å². The van der Waals surface area contributed by atoms with Crippen LogP contribution in [0.2, 0.25) is 0 Å². The van der Waals surface area contributed by atoms with E-state index in [-0.39, 0.29) is 6.04 Å². The Morgan fingerprint density at radius 2 is 1.62 bits per heavy atom. The van der Waals surface area contributed by atoms with Crippen molar-refractivity contribution in [1.82, 2.24) is 25.1 Å². The summed E-state index contributed by atoms with van der Waals surface area (Å²) in [5, 5.41) is 13.2. The van der Waals surface area contributed by atoms with E-state index in [1.807, 2.05) is 12.1 Å². The van der Waals surface area contributed by atoms with Crippen molar-refractivity contribution >= 4 is 5.69 Å². The zero-order chi connectivity index (χ0) is 23.3. The minimum Gasteiger partial charge on any atom is -0.493 e. The van der Waals surface area contributed by atoms with Gasteiger partial charge in [-0.05, 0) is 41.5 Å². The summed E-state index contributed by atoms with van der Waals surface area (Å²) in [4.78, 5) is 4.93. The summed E-state index contributed by atoms with van der Waals surface area (Å²) in [6.07, 6.45) is 6.01. The quantitative estimate of drug-likeness (QED) is 0.523. The fourth-order valence-electron chi connectivity index (χ4n) is 5.47. The van der Waals surface area contributed by atoms with Crippen molar-refractivity contribution in [3.8, 4) is 11.5 Å². The van der Waals surface area contributed by atoms with E-state index < -0.39 is 0 Å². The van der Waals surface area contributed by atoms with E-state index >= 15 is 0 Å². The van der Waals surface area contributed by atoms with Gasteiger partial charge in [0.25, 0.3) is 0 Å². The van der Waals surface area contributed by atoms with Gasteiger partial charge >= 0.3 is 0 Å². The van der Waals surface area contributed by atoms with Crippen LogP contribution in [-0.4, -0.2) is 65.5 Å². The van der Waals surface area contributed by atoms with Gasteiger partial charge in [-0.25, -0.2) is 4.68 Å². The highest BCUT2D eigenvalue weighted by molar-refractivity contribution is 5.50. The van der Waals surface area contributed by atoms with Crippen LogP contribution in [-0.2, 0) is 0 Å². The van der Waals surface area contributed by atoms with E-state index in [0.717, 1.165) is 61.9 Å². The second kappa shape index (κ2) is 10.4. The molecule has 1 aromatic heterocycles. The molecular weight excluding hydrogens is 428 g/mol. The smallest absolute Gasteiger partial charge is 0.173 e. The number of piperazine rings is 1. The maximum atomic E-state index is 5.87. The van der Waals surface area contributed by atoms with Gasteiger partial charge in [0, 0.05) is 37.4 Å². The Balaban J connectivity index is 1.50. The molecule has 3 aromatic rings. The zero-order valence-electron chi connectivity index (χ0n) is 20.1. The van der Waals surface area contributed by atoms with Crippen molar-refractivity contribution in [3.63, 3.8) is 0 Å². The SMILES string of the molecule is COc1cccc([C@@H](c2nnnn2C2CCCCC2)N2CCN(c3ccccc3)CC2)c1OC. The third-order valence-electron chi connectivity index (χ3n) is 7.21. The summed E-state index contributed by atoms with van der Waals surface area (Å²) in [6, 6.07) is 17.0. The molecule has 34 heavy (non-hydrogen) atoms. The molecule has 8 heteroatoms. The molecule has 180 valence electrons. The molecule has 0 N–H and O–H groups in total. The fraction of sp³-hybridized carbons (Fsp3) is 0.500. The normalized spacial score (nSPS) is 18.6. The number of methoxy groups -OCH3 is 2. The van der Waals surface area contributed by atoms with Crippen LogP contribution < -0.4 is 14.4 Å². The molecule has 2 aliphatic rings. The highest BCUT2D eigenvalue weighted by atomic mass is 16.5. The first-order valence-corrected chi connectivity index (χ1v) is 12.3. The summed E-state index contributed by atoms with van der Waals surface area (Å²) in [7, 11) is 3.39. The first-order chi connectivity index (χ1) is 16.8. The molecule has 1 saturated heterocycles. The second-order valence-corrected chi connectivity index (χ2v) is 9.12. The maximum absolute atomic E-state index is 5.87. The summed E-state index contributed by atoms with van der Waals surface area (Å²) in [5.74, 6) is 2.37. The lowest BCUT2D eigenvalue weighted by Crippen LogP contribution is -2.48. The molecule has 2 heterocycles. The largest absolute Gasteiger partial charge is 0.493 e. The van der Waals surface area contributed by atoms with Gasteiger partial charge in [-0.15, -0.1) is 5.10 Å². The fourth-order valence-corrected chi connectivity index (χ4v) is 5.47. The number of para-hydroxylation sites is 2. The van der Waals surface area contributed by atoms with Gasteiger partial charge in [-0.1, -0.05) is 49.6 Å². The van der Waals surface area contributed by atoms with Crippen LogP contribution in [0.4, 0.5) is 5.69 Å². The Hall–Kier alpha value is -3.13. The van der Waals surface area contributed by atoms with Gasteiger partial charge in [-0.3, -0.25) is 4.90 Å². The Morgan fingerprint density at radius 1 is 0.853 bits per heavy atom. The van der Waals surface area contributed by atoms with Gasteiger partial charge in [0.05, 0.1) is 20.3 Å². The third-order valence-corrected chi connectivity index (χ3v) is 7.21. The molecule has 0 unspecified atom stereocenters. The molecular formula is C26H34N6O2. The van der Waals surface area contributed by atoms with Gasteiger partial charge in [-0.2, -0.15) is 0 Å². The number of nitrogens with zero attached hydrogens (tertiary/aromatic N) is 6.